The van der Waals surface area contributed by atoms with E-state index in [9.17, 15) is 31.5 Å². The molecule has 0 aliphatic rings. The van der Waals surface area contributed by atoms with Gasteiger partial charge in [0.05, 0.1) is 11.1 Å². The third-order valence-corrected chi connectivity index (χ3v) is 3.23. The Hall–Kier alpha value is -2.97. The molecule has 0 aromatic heterocycles. The number of benzene rings is 2. The Kier molecular flexibility index (Phi) is 5.91. The fraction of sp³-hybridized carbons (Fsp3) is 0.176. The summed E-state index contributed by atoms with van der Waals surface area (Å²) in [6, 6.07) is 6.68. The molecule has 0 bridgehead atoms. The van der Waals surface area contributed by atoms with Crippen LogP contribution in [0.4, 0.5) is 22.0 Å². The number of halogens is 5. The van der Waals surface area contributed by atoms with Crippen LogP contribution >= 0.6 is 0 Å². The minimum atomic E-state index is -4.57. The van der Waals surface area contributed by atoms with Crippen molar-refractivity contribution in [1.29, 1.82) is 0 Å². The Bertz CT molecular complexity index is 800. The molecule has 138 valence electrons. The second kappa shape index (κ2) is 7.94. The molecule has 2 aromatic carbocycles. The molecule has 1 amide bonds. The van der Waals surface area contributed by atoms with Crippen LogP contribution in [0.15, 0.2) is 42.5 Å². The second-order valence-electron chi connectivity index (χ2n) is 5.17. The summed E-state index contributed by atoms with van der Waals surface area (Å²) < 4.78 is 69.1. The van der Waals surface area contributed by atoms with Crippen LogP contribution in [0.2, 0.25) is 0 Å². The highest BCUT2D eigenvalue weighted by Crippen LogP contribution is 2.31. The lowest BCUT2D eigenvalue weighted by molar-refractivity contribution is -0.138. The predicted molar refractivity (Wildman–Crippen MR) is 79.9 cm³/mol. The van der Waals surface area contributed by atoms with E-state index in [-0.39, 0.29) is 5.56 Å². The summed E-state index contributed by atoms with van der Waals surface area (Å²) in [5.74, 6) is -4.00. The van der Waals surface area contributed by atoms with Gasteiger partial charge in [-0.1, -0.05) is 18.2 Å². The van der Waals surface area contributed by atoms with Gasteiger partial charge in [-0.25, -0.2) is 13.6 Å². The quantitative estimate of drug-likeness (QED) is 0.645. The first-order chi connectivity index (χ1) is 12.2. The van der Waals surface area contributed by atoms with E-state index in [1.807, 2.05) is 0 Å². The molecule has 0 radical (unpaired) electrons. The van der Waals surface area contributed by atoms with Crippen LogP contribution < -0.4 is 5.32 Å². The zero-order chi connectivity index (χ0) is 19.3. The second-order valence-corrected chi connectivity index (χ2v) is 5.17. The van der Waals surface area contributed by atoms with E-state index in [4.69, 9.17) is 0 Å². The number of amides is 1. The van der Waals surface area contributed by atoms with E-state index in [0.717, 1.165) is 18.2 Å². The number of nitrogens with one attached hydrogen (secondary N) is 1. The highest BCUT2D eigenvalue weighted by Gasteiger charge is 2.32. The van der Waals surface area contributed by atoms with Gasteiger partial charge < -0.3 is 10.1 Å². The largest absolute Gasteiger partial charge is 0.452 e. The first kappa shape index (κ1) is 19.4. The topological polar surface area (TPSA) is 55.4 Å². The number of alkyl halides is 3. The van der Waals surface area contributed by atoms with Crippen molar-refractivity contribution in [3.63, 3.8) is 0 Å². The first-order valence-corrected chi connectivity index (χ1v) is 7.22. The molecule has 0 aliphatic carbocycles. The van der Waals surface area contributed by atoms with Gasteiger partial charge in [-0.2, -0.15) is 13.2 Å². The van der Waals surface area contributed by atoms with Gasteiger partial charge in [0, 0.05) is 12.6 Å². The molecular weight excluding hydrogens is 361 g/mol. The lowest BCUT2D eigenvalue weighted by Crippen LogP contribution is -2.29. The molecule has 0 unspecified atom stereocenters. The van der Waals surface area contributed by atoms with Crippen LogP contribution in [0.5, 0.6) is 0 Å². The molecule has 0 saturated carbocycles. The highest BCUT2D eigenvalue weighted by atomic mass is 19.4. The molecule has 0 aliphatic heterocycles. The lowest BCUT2D eigenvalue weighted by atomic mass is 10.1. The van der Waals surface area contributed by atoms with Crippen LogP contribution in [0, 0.1) is 11.6 Å². The summed E-state index contributed by atoms with van der Waals surface area (Å²) in [7, 11) is 0. The Balaban J connectivity index is 1.91. The molecule has 1 N–H and O–H groups in total. The average Bonchev–Trinajstić information content (AvgIpc) is 2.56. The van der Waals surface area contributed by atoms with Crippen molar-refractivity contribution in [1.82, 2.24) is 5.32 Å². The number of hydrogen-bond acceptors (Lipinski definition) is 3. The van der Waals surface area contributed by atoms with Crippen LogP contribution in [0.25, 0.3) is 0 Å². The summed E-state index contributed by atoms with van der Waals surface area (Å²) in [6.07, 6.45) is -4.57. The molecule has 0 atom stereocenters. The molecule has 9 heteroatoms. The van der Waals surface area contributed by atoms with Gasteiger partial charge >= 0.3 is 12.1 Å². The average molecular weight is 373 g/mol. The van der Waals surface area contributed by atoms with Gasteiger partial charge in [-0.15, -0.1) is 0 Å². The van der Waals surface area contributed by atoms with Crippen molar-refractivity contribution in [2.24, 2.45) is 0 Å². The summed E-state index contributed by atoms with van der Waals surface area (Å²) in [5.41, 5.74) is -1.49. The summed E-state index contributed by atoms with van der Waals surface area (Å²) in [5, 5.41) is 2.18. The van der Waals surface area contributed by atoms with Gasteiger partial charge in [0.1, 0.15) is 11.6 Å². The van der Waals surface area contributed by atoms with Gasteiger partial charge in [-0.3, -0.25) is 4.79 Å². The summed E-state index contributed by atoms with van der Waals surface area (Å²) >= 11 is 0. The highest BCUT2D eigenvalue weighted by molar-refractivity contribution is 5.91. The smallest absolute Gasteiger partial charge is 0.416 e. The van der Waals surface area contributed by atoms with Gasteiger partial charge in [0.2, 0.25) is 0 Å². The fourth-order valence-corrected chi connectivity index (χ4v) is 2.08. The maximum Gasteiger partial charge on any atom is 0.416 e. The fourth-order valence-electron chi connectivity index (χ4n) is 2.08. The van der Waals surface area contributed by atoms with Gasteiger partial charge in [0.25, 0.3) is 5.91 Å². The standard InChI is InChI=1S/C17H12F5NO3/c18-12-5-11(6-13(19)7-12)16(25)26-9-15(24)23-8-10-3-1-2-4-14(10)17(20,21)22/h1-7H,8-9H2,(H,23,24). The molecule has 0 saturated heterocycles. The monoisotopic (exact) mass is 373 g/mol. The van der Waals surface area contributed by atoms with E-state index in [1.54, 1.807) is 0 Å². The Morgan fingerprint density at radius 2 is 1.62 bits per heavy atom. The van der Waals surface area contributed by atoms with Crippen molar-refractivity contribution in [2.75, 3.05) is 6.61 Å². The van der Waals surface area contributed by atoms with Gasteiger partial charge in [-0.05, 0) is 23.8 Å². The molecular formula is C17H12F5NO3. The van der Waals surface area contributed by atoms with E-state index < -0.39 is 54.0 Å². The Labute approximate surface area is 144 Å². The number of hydrogen-bond donors (Lipinski definition) is 1. The molecule has 0 spiro atoms. The van der Waals surface area contributed by atoms with Crippen LogP contribution in [0.3, 0.4) is 0 Å². The summed E-state index contributed by atoms with van der Waals surface area (Å²) in [4.78, 5) is 23.3. The molecule has 2 rings (SSSR count). The lowest BCUT2D eigenvalue weighted by Gasteiger charge is -2.13. The molecule has 26 heavy (non-hydrogen) atoms. The third kappa shape index (κ3) is 5.27. The maximum absolute atomic E-state index is 13.0. The first-order valence-electron chi connectivity index (χ1n) is 7.22. The third-order valence-electron chi connectivity index (χ3n) is 3.23. The van der Waals surface area contributed by atoms with Gasteiger partial charge in [0.15, 0.2) is 6.61 Å². The molecule has 4 nitrogen and oxygen atoms in total. The van der Waals surface area contributed by atoms with Crippen LogP contribution in [0.1, 0.15) is 21.5 Å². The van der Waals surface area contributed by atoms with Crippen molar-refractivity contribution in [2.45, 2.75) is 12.7 Å². The van der Waals surface area contributed by atoms with E-state index in [1.165, 1.54) is 18.2 Å². The molecule has 0 fully saturated rings. The van der Waals surface area contributed by atoms with Crippen LogP contribution in [-0.4, -0.2) is 18.5 Å². The molecule has 0 heterocycles. The number of carbonyl (C=O) groups excluding carboxylic acids is 2. The normalized spacial score (nSPS) is 11.1. The van der Waals surface area contributed by atoms with E-state index in [2.05, 4.69) is 10.1 Å². The Morgan fingerprint density at radius 3 is 2.23 bits per heavy atom. The molecule has 2 aromatic rings. The Morgan fingerprint density at radius 1 is 1.00 bits per heavy atom. The number of carbonyl (C=O) groups is 2. The van der Waals surface area contributed by atoms with Crippen molar-refractivity contribution in [3.8, 4) is 0 Å². The zero-order valence-corrected chi connectivity index (χ0v) is 13.1. The van der Waals surface area contributed by atoms with Crippen molar-refractivity contribution < 1.29 is 36.3 Å². The number of rotatable bonds is 5. The van der Waals surface area contributed by atoms with Crippen molar-refractivity contribution >= 4 is 11.9 Å². The maximum atomic E-state index is 13.0. The SMILES string of the molecule is O=C(COC(=O)c1cc(F)cc(F)c1)NCc1ccccc1C(F)(F)F. The number of ether oxygens (including phenoxy) is 1. The van der Waals surface area contributed by atoms with E-state index >= 15 is 0 Å². The minimum absolute atomic E-state index is 0.160. The summed E-state index contributed by atoms with van der Waals surface area (Å²) in [6.45, 7) is -1.24. The van der Waals surface area contributed by atoms with Crippen LogP contribution in [-0.2, 0) is 22.3 Å². The van der Waals surface area contributed by atoms with Crippen molar-refractivity contribution in [3.05, 3.63) is 70.8 Å². The zero-order valence-electron chi connectivity index (χ0n) is 13.1. The minimum Gasteiger partial charge on any atom is -0.452 e. The van der Waals surface area contributed by atoms with E-state index in [0.29, 0.717) is 6.07 Å². The predicted octanol–water partition coefficient (Wildman–Crippen LogP) is 3.46. The number of esters is 1.